The van der Waals surface area contributed by atoms with Gasteiger partial charge in [0.2, 0.25) is 5.95 Å². The summed E-state index contributed by atoms with van der Waals surface area (Å²) in [6.45, 7) is 8.25. The Morgan fingerprint density at radius 2 is 1.75 bits per heavy atom. The van der Waals surface area contributed by atoms with Gasteiger partial charge in [-0.3, -0.25) is 4.99 Å². The van der Waals surface area contributed by atoms with E-state index < -0.39 is 5.82 Å². The smallest absolute Gasteiger partial charge is 0.229 e. The first-order valence-corrected chi connectivity index (χ1v) is 12.8. The molecule has 2 aliphatic heterocycles. The monoisotopic (exact) mass is 485 g/mol. The predicted molar refractivity (Wildman–Crippen MR) is 142 cm³/mol. The highest BCUT2D eigenvalue weighted by Gasteiger charge is 2.44. The predicted octanol–water partition coefficient (Wildman–Crippen LogP) is 5.40. The summed E-state index contributed by atoms with van der Waals surface area (Å²) in [5, 5.41) is 3.15. The molecule has 1 saturated carbocycles. The molecule has 3 aliphatic rings. The van der Waals surface area contributed by atoms with Crippen LogP contribution in [-0.2, 0) is 5.41 Å². The van der Waals surface area contributed by atoms with Gasteiger partial charge in [-0.1, -0.05) is 12.8 Å². The minimum Gasteiger partial charge on any atom is -0.368 e. The fraction of sp³-hybridized carbons (Fsp3) is 0.429. The lowest BCUT2D eigenvalue weighted by Gasteiger charge is -2.33. The standard InChI is InChI=1S/C28H32FN7/c1-18-14-20(15-22-25(18)32-19(2)28(22)8-4-5-9-28)26-23(29)17-31-27(34-26)33-24-7-6-21(16-30-24)36-12-10-35(3)11-13-36/h6-7,14-17H,4-5,8-13H2,1-3H3,(H,30,31,33,34). The van der Waals surface area contributed by atoms with Crippen LogP contribution in [0.4, 0.5) is 27.5 Å². The lowest BCUT2D eigenvalue weighted by Crippen LogP contribution is -2.44. The Morgan fingerprint density at radius 3 is 2.47 bits per heavy atom. The summed E-state index contributed by atoms with van der Waals surface area (Å²) in [6.07, 6.45) is 7.71. The summed E-state index contributed by atoms with van der Waals surface area (Å²) in [5.41, 5.74) is 6.68. The molecule has 2 fully saturated rings. The molecule has 0 atom stereocenters. The number of benzene rings is 1. The summed E-state index contributed by atoms with van der Waals surface area (Å²) in [6, 6.07) is 8.07. The molecular formula is C28H32FN7. The molecule has 0 unspecified atom stereocenters. The van der Waals surface area contributed by atoms with Crippen LogP contribution in [0.15, 0.2) is 41.7 Å². The first-order chi connectivity index (χ1) is 17.4. The molecule has 8 heteroatoms. The van der Waals surface area contributed by atoms with Gasteiger partial charge in [0.15, 0.2) is 5.82 Å². The first-order valence-electron chi connectivity index (χ1n) is 12.8. The van der Waals surface area contributed by atoms with Crippen LogP contribution in [0.2, 0.25) is 0 Å². The van der Waals surface area contributed by atoms with E-state index in [9.17, 15) is 0 Å². The van der Waals surface area contributed by atoms with Crippen LogP contribution in [0.1, 0.15) is 43.7 Å². The van der Waals surface area contributed by atoms with Gasteiger partial charge in [-0.25, -0.2) is 19.3 Å². The van der Waals surface area contributed by atoms with E-state index in [-0.39, 0.29) is 5.41 Å². The van der Waals surface area contributed by atoms with Crippen molar-refractivity contribution in [1.82, 2.24) is 19.9 Å². The first kappa shape index (κ1) is 23.0. The summed E-state index contributed by atoms with van der Waals surface area (Å²) in [4.78, 5) is 22.9. The Labute approximate surface area is 211 Å². The van der Waals surface area contributed by atoms with Crippen LogP contribution in [-0.4, -0.2) is 58.8 Å². The van der Waals surface area contributed by atoms with Crippen molar-refractivity contribution >= 4 is 28.9 Å². The van der Waals surface area contributed by atoms with Crippen molar-refractivity contribution in [1.29, 1.82) is 0 Å². The van der Waals surface area contributed by atoms with Crippen molar-refractivity contribution in [2.45, 2.75) is 44.9 Å². The maximum Gasteiger partial charge on any atom is 0.229 e. The Hall–Kier alpha value is -3.39. The number of hydrogen-bond donors (Lipinski definition) is 1. The molecule has 1 spiro atoms. The average Bonchev–Trinajstić information content (AvgIpc) is 3.48. The Kier molecular flexibility index (Phi) is 5.71. The van der Waals surface area contributed by atoms with Crippen molar-refractivity contribution in [2.24, 2.45) is 4.99 Å². The van der Waals surface area contributed by atoms with E-state index in [1.807, 2.05) is 18.3 Å². The molecule has 4 heterocycles. The third-order valence-corrected chi connectivity index (χ3v) is 8.12. The van der Waals surface area contributed by atoms with Gasteiger partial charge in [0.1, 0.15) is 11.5 Å². The lowest BCUT2D eigenvalue weighted by molar-refractivity contribution is 0.313. The number of halogens is 1. The number of likely N-dealkylation sites (N-methyl/N-ethyl adjacent to an activating group) is 1. The number of hydrogen-bond acceptors (Lipinski definition) is 7. The molecule has 7 nitrogen and oxygen atoms in total. The molecule has 0 radical (unpaired) electrons. The maximum atomic E-state index is 15.0. The second-order valence-corrected chi connectivity index (χ2v) is 10.4. The number of nitrogens with zero attached hydrogens (tertiary/aromatic N) is 6. The molecular weight excluding hydrogens is 453 g/mol. The molecule has 1 N–H and O–H groups in total. The molecule has 3 aromatic rings. The summed E-state index contributed by atoms with van der Waals surface area (Å²) < 4.78 is 15.0. The number of anilines is 3. The van der Waals surface area contributed by atoms with Gasteiger partial charge in [-0.2, -0.15) is 0 Å². The Bertz CT molecular complexity index is 1320. The van der Waals surface area contributed by atoms with E-state index >= 15 is 4.39 Å². The number of rotatable bonds is 4. The van der Waals surface area contributed by atoms with Crippen LogP contribution in [0, 0.1) is 12.7 Å². The molecule has 1 aliphatic carbocycles. The molecule has 1 aromatic carbocycles. The largest absolute Gasteiger partial charge is 0.368 e. The van der Waals surface area contributed by atoms with Crippen molar-refractivity contribution in [2.75, 3.05) is 43.4 Å². The molecule has 2 aromatic heterocycles. The fourth-order valence-corrected chi connectivity index (χ4v) is 5.96. The maximum absolute atomic E-state index is 15.0. The zero-order chi connectivity index (χ0) is 24.9. The molecule has 36 heavy (non-hydrogen) atoms. The number of aliphatic imine (C=N–C) groups is 1. The van der Waals surface area contributed by atoms with E-state index in [2.05, 4.69) is 63.1 Å². The van der Waals surface area contributed by atoms with Crippen LogP contribution in [0.3, 0.4) is 0 Å². The van der Waals surface area contributed by atoms with Gasteiger partial charge in [0.05, 0.1) is 23.8 Å². The van der Waals surface area contributed by atoms with Crippen LogP contribution < -0.4 is 10.2 Å². The Balaban J connectivity index is 1.27. The summed E-state index contributed by atoms with van der Waals surface area (Å²) in [7, 11) is 2.14. The Morgan fingerprint density at radius 1 is 0.972 bits per heavy atom. The van der Waals surface area contributed by atoms with Crippen LogP contribution in [0.25, 0.3) is 11.3 Å². The molecule has 1 saturated heterocycles. The highest BCUT2D eigenvalue weighted by Crippen LogP contribution is 2.52. The summed E-state index contributed by atoms with van der Waals surface area (Å²) in [5.74, 6) is 0.520. The van der Waals surface area contributed by atoms with Crippen LogP contribution in [0.5, 0.6) is 0 Å². The van der Waals surface area contributed by atoms with Gasteiger partial charge in [0.25, 0.3) is 0 Å². The molecule has 0 amide bonds. The van der Waals surface area contributed by atoms with Crippen molar-refractivity contribution in [3.8, 4) is 11.3 Å². The number of fused-ring (bicyclic) bond motifs is 2. The van der Waals surface area contributed by atoms with Gasteiger partial charge in [0, 0.05) is 42.9 Å². The topological polar surface area (TPSA) is 69.5 Å². The van der Waals surface area contributed by atoms with E-state index in [0.717, 1.165) is 61.5 Å². The van der Waals surface area contributed by atoms with Gasteiger partial charge < -0.3 is 15.1 Å². The SMILES string of the molecule is CC1=Nc2c(C)cc(-c3nc(Nc4ccc(N5CCN(C)CC5)cn4)ncc3F)cc2C12CCCC2. The van der Waals surface area contributed by atoms with E-state index in [1.165, 1.54) is 30.3 Å². The molecule has 186 valence electrons. The minimum atomic E-state index is -0.436. The highest BCUT2D eigenvalue weighted by atomic mass is 19.1. The highest BCUT2D eigenvalue weighted by molar-refractivity contribution is 6.01. The molecule has 0 bridgehead atoms. The lowest BCUT2D eigenvalue weighted by atomic mass is 9.75. The number of aryl methyl sites for hydroxylation is 1. The fourth-order valence-electron chi connectivity index (χ4n) is 5.96. The number of piperazine rings is 1. The second kappa shape index (κ2) is 8.92. The second-order valence-electron chi connectivity index (χ2n) is 10.4. The van der Waals surface area contributed by atoms with E-state index in [0.29, 0.717) is 17.5 Å². The van der Waals surface area contributed by atoms with Crippen molar-refractivity contribution in [3.63, 3.8) is 0 Å². The quantitative estimate of drug-likeness (QED) is 0.534. The van der Waals surface area contributed by atoms with Gasteiger partial charge in [-0.05, 0) is 69.1 Å². The summed E-state index contributed by atoms with van der Waals surface area (Å²) >= 11 is 0. The zero-order valence-corrected chi connectivity index (χ0v) is 21.2. The van der Waals surface area contributed by atoms with E-state index in [4.69, 9.17) is 4.99 Å². The normalized spacial score (nSPS) is 19.0. The average molecular weight is 486 g/mol. The number of nitrogens with one attached hydrogen (secondary N) is 1. The molecule has 6 rings (SSSR count). The number of aromatic nitrogens is 3. The van der Waals surface area contributed by atoms with Crippen LogP contribution >= 0.6 is 0 Å². The van der Waals surface area contributed by atoms with Crippen molar-refractivity contribution in [3.05, 3.63) is 53.6 Å². The minimum absolute atomic E-state index is 0.00384. The number of pyridine rings is 1. The van der Waals surface area contributed by atoms with Gasteiger partial charge >= 0.3 is 0 Å². The zero-order valence-electron chi connectivity index (χ0n) is 21.2. The third-order valence-electron chi connectivity index (χ3n) is 8.12. The van der Waals surface area contributed by atoms with Crippen molar-refractivity contribution < 1.29 is 4.39 Å². The third kappa shape index (κ3) is 3.93. The van der Waals surface area contributed by atoms with E-state index in [1.54, 1.807) is 0 Å². The van der Waals surface area contributed by atoms with Gasteiger partial charge in [-0.15, -0.1) is 0 Å².